The van der Waals surface area contributed by atoms with Crippen molar-refractivity contribution in [3.05, 3.63) is 64.2 Å². The van der Waals surface area contributed by atoms with Gasteiger partial charge in [-0.05, 0) is 30.2 Å². The molecule has 0 aromatic heterocycles. The van der Waals surface area contributed by atoms with E-state index < -0.39 is 29.3 Å². The summed E-state index contributed by atoms with van der Waals surface area (Å²) in [5, 5.41) is 13.1. The maximum absolute atomic E-state index is 12.4. The van der Waals surface area contributed by atoms with E-state index in [-0.39, 0.29) is 24.6 Å². The largest absolute Gasteiger partial charge is 0.455 e. The lowest BCUT2D eigenvalue weighted by atomic mass is 10.1. The van der Waals surface area contributed by atoms with Gasteiger partial charge in [0, 0.05) is 36.5 Å². The molecular weight excluding hydrogens is 390 g/mol. The van der Waals surface area contributed by atoms with Gasteiger partial charge in [0.05, 0.1) is 10.8 Å². The van der Waals surface area contributed by atoms with Crippen LogP contribution < -0.4 is 10.2 Å². The number of anilines is 2. The number of nitrogens with zero attached hydrogens (tertiary/aromatic N) is 2. The van der Waals surface area contributed by atoms with Gasteiger partial charge in [-0.25, -0.2) is 0 Å². The lowest BCUT2D eigenvalue weighted by molar-refractivity contribution is -0.384. The molecule has 1 atom stereocenters. The lowest BCUT2D eigenvalue weighted by Gasteiger charge is -2.19. The number of nitrogens with one attached hydrogen (secondary N) is 1. The molecule has 1 fully saturated rings. The van der Waals surface area contributed by atoms with E-state index in [0.717, 1.165) is 17.7 Å². The van der Waals surface area contributed by atoms with Gasteiger partial charge in [0.2, 0.25) is 5.91 Å². The van der Waals surface area contributed by atoms with Crippen molar-refractivity contribution in [3.8, 4) is 0 Å². The van der Waals surface area contributed by atoms with Crippen LogP contribution in [0.4, 0.5) is 17.1 Å². The summed E-state index contributed by atoms with van der Waals surface area (Å²) in [7, 11) is 0. The zero-order valence-electron chi connectivity index (χ0n) is 16.4. The molecule has 9 heteroatoms. The van der Waals surface area contributed by atoms with Crippen molar-refractivity contribution in [2.75, 3.05) is 23.4 Å². The summed E-state index contributed by atoms with van der Waals surface area (Å²) in [4.78, 5) is 48.4. The van der Waals surface area contributed by atoms with Crippen LogP contribution in [0.3, 0.4) is 0 Å². The minimum absolute atomic E-state index is 0.0286. The van der Waals surface area contributed by atoms with E-state index in [9.17, 15) is 24.5 Å². The number of carbonyl (C=O) groups is 3. The minimum atomic E-state index is -0.644. The Hall–Kier alpha value is -3.75. The van der Waals surface area contributed by atoms with Crippen LogP contribution in [-0.2, 0) is 25.5 Å². The summed E-state index contributed by atoms with van der Waals surface area (Å²) in [5.41, 5.74) is 2.05. The fraction of sp³-hybridized carbons (Fsp3) is 0.286. The van der Waals surface area contributed by atoms with E-state index in [0.29, 0.717) is 5.69 Å². The molecule has 1 aliphatic rings. The van der Waals surface area contributed by atoms with Gasteiger partial charge in [0.25, 0.3) is 11.6 Å². The molecule has 9 nitrogen and oxygen atoms in total. The van der Waals surface area contributed by atoms with E-state index in [1.807, 2.05) is 31.2 Å². The van der Waals surface area contributed by atoms with E-state index in [2.05, 4.69) is 5.32 Å². The zero-order chi connectivity index (χ0) is 21.7. The quantitative estimate of drug-likeness (QED) is 0.425. The normalized spacial score (nSPS) is 15.7. The molecule has 1 saturated heterocycles. The van der Waals surface area contributed by atoms with Gasteiger partial charge in [0.1, 0.15) is 0 Å². The third kappa shape index (κ3) is 4.80. The second-order valence-electron chi connectivity index (χ2n) is 6.85. The summed E-state index contributed by atoms with van der Waals surface area (Å²) in [5.74, 6) is -1.99. The molecule has 3 rings (SSSR count). The number of nitro benzene ring substituents is 1. The SMILES string of the molecule is CCc1ccccc1N1C[C@@H](C(=O)OCC(=O)Nc2ccc([N+](=O)[O-])cc2)CC1=O. The Morgan fingerprint density at radius 3 is 2.57 bits per heavy atom. The average Bonchev–Trinajstić information content (AvgIpc) is 3.14. The summed E-state index contributed by atoms with van der Waals surface area (Å²) < 4.78 is 5.07. The topological polar surface area (TPSA) is 119 Å². The Balaban J connectivity index is 1.53. The maximum Gasteiger partial charge on any atom is 0.311 e. The van der Waals surface area contributed by atoms with Crippen LogP contribution in [0.1, 0.15) is 18.9 Å². The first kappa shape index (κ1) is 21.0. The third-order valence-electron chi connectivity index (χ3n) is 4.83. The number of para-hydroxylation sites is 1. The molecule has 0 unspecified atom stereocenters. The van der Waals surface area contributed by atoms with Crippen molar-refractivity contribution in [1.29, 1.82) is 0 Å². The van der Waals surface area contributed by atoms with Gasteiger partial charge in [-0.2, -0.15) is 0 Å². The van der Waals surface area contributed by atoms with Gasteiger partial charge in [-0.15, -0.1) is 0 Å². The van der Waals surface area contributed by atoms with E-state index in [4.69, 9.17) is 4.74 Å². The number of amides is 2. The Bertz CT molecular complexity index is 973. The summed E-state index contributed by atoms with van der Waals surface area (Å²) in [6.45, 7) is 1.69. The first-order chi connectivity index (χ1) is 14.4. The molecule has 0 saturated carbocycles. The molecule has 30 heavy (non-hydrogen) atoms. The number of non-ortho nitro benzene ring substituents is 1. The molecule has 0 radical (unpaired) electrons. The monoisotopic (exact) mass is 411 g/mol. The van der Waals surface area contributed by atoms with Gasteiger partial charge < -0.3 is 15.0 Å². The highest BCUT2D eigenvalue weighted by Crippen LogP contribution is 2.29. The van der Waals surface area contributed by atoms with Crippen LogP contribution in [0, 0.1) is 16.0 Å². The van der Waals surface area contributed by atoms with Crippen molar-refractivity contribution in [2.45, 2.75) is 19.8 Å². The van der Waals surface area contributed by atoms with Gasteiger partial charge in [-0.3, -0.25) is 24.5 Å². The summed E-state index contributed by atoms with van der Waals surface area (Å²) in [6.07, 6.45) is 0.790. The Morgan fingerprint density at radius 1 is 1.20 bits per heavy atom. The standard InChI is InChI=1S/C21H21N3O6/c1-2-14-5-3-4-6-18(14)23-12-15(11-20(23)26)21(27)30-13-19(25)22-16-7-9-17(10-8-16)24(28)29/h3-10,15H,2,11-13H2,1H3,(H,22,25)/t15-/m0/s1. The lowest BCUT2D eigenvalue weighted by Crippen LogP contribution is -2.28. The van der Waals surface area contributed by atoms with Crippen LogP contribution in [0.2, 0.25) is 0 Å². The summed E-state index contributed by atoms with van der Waals surface area (Å²) in [6, 6.07) is 12.8. The predicted molar refractivity (Wildman–Crippen MR) is 109 cm³/mol. The average molecular weight is 411 g/mol. The number of hydrogen-bond donors (Lipinski definition) is 1. The minimum Gasteiger partial charge on any atom is -0.455 e. The second-order valence-corrected chi connectivity index (χ2v) is 6.85. The zero-order valence-corrected chi connectivity index (χ0v) is 16.4. The Morgan fingerprint density at radius 2 is 1.90 bits per heavy atom. The van der Waals surface area contributed by atoms with Crippen LogP contribution in [0.5, 0.6) is 0 Å². The highest BCUT2D eigenvalue weighted by molar-refractivity contribution is 6.00. The predicted octanol–water partition coefficient (Wildman–Crippen LogP) is 2.69. The molecular formula is C21H21N3O6. The van der Waals surface area contributed by atoms with E-state index in [1.165, 1.54) is 24.3 Å². The van der Waals surface area contributed by atoms with Crippen molar-refractivity contribution < 1.29 is 24.0 Å². The number of aryl methyl sites for hydroxylation is 1. The number of esters is 1. The molecule has 1 aliphatic heterocycles. The van der Waals surface area contributed by atoms with Crippen molar-refractivity contribution in [2.24, 2.45) is 5.92 Å². The number of carbonyl (C=O) groups excluding carboxylic acids is 3. The molecule has 2 amide bonds. The molecule has 2 aromatic carbocycles. The fourth-order valence-electron chi connectivity index (χ4n) is 3.29. The highest BCUT2D eigenvalue weighted by Gasteiger charge is 2.37. The number of hydrogen-bond acceptors (Lipinski definition) is 6. The van der Waals surface area contributed by atoms with Gasteiger partial charge >= 0.3 is 5.97 Å². The van der Waals surface area contributed by atoms with Crippen LogP contribution >= 0.6 is 0 Å². The van der Waals surface area contributed by atoms with Crippen molar-refractivity contribution >= 4 is 34.8 Å². The summed E-state index contributed by atoms with van der Waals surface area (Å²) >= 11 is 0. The molecule has 1 N–H and O–H groups in total. The number of nitro groups is 1. The molecule has 0 aliphatic carbocycles. The molecule has 1 heterocycles. The molecule has 2 aromatic rings. The maximum atomic E-state index is 12.4. The Kier molecular flexibility index (Phi) is 6.41. The Labute approximate surface area is 172 Å². The third-order valence-corrected chi connectivity index (χ3v) is 4.83. The van der Waals surface area contributed by atoms with Crippen LogP contribution in [0.15, 0.2) is 48.5 Å². The highest BCUT2D eigenvalue weighted by atomic mass is 16.6. The van der Waals surface area contributed by atoms with Gasteiger partial charge in [-0.1, -0.05) is 25.1 Å². The molecule has 0 bridgehead atoms. The molecule has 156 valence electrons. The first-order valence-electron chi connectivity index (χ1n) is 9.48. The number of ether oxygens (including phenoxy) is 1. The number of benzene rings is 2. The van der Waals surface area contributed by atoms with E-state index in [1.54, 1.807) is 4.90 Å². The van der Waals surface area contributed by atoms with Crippen LogP contribution in [0.25, 0.3) is 0 Å². The van der Waals surface area contributed by atoms with Crippen molar-refractivity contribution in [1.82, 2.24) is 0 Å². The molecule has 0 spiro atoms. The second kappa shape index (κ2) is 9.17. The van der Waals surface area contributed by atoms with Gasteiger partial charge in [0.15, 0.2) is 6.61 Å². The first-order valence-corrected chi connectivity index (χ1v) is 9.48. The van der Waals surface area contributed by atoms with Crippen LogP contribution in [-0.4, -0.2) is 35.9 Å². The van der Waals surface area contributed by atoms with Crippen molar-refractivity contribution in [3.63, 3.8) is 0 Å². The van der Waals surface area contributed by atoms with E-state index >= 15 is 0 Å². The smallest absolute Gasteiger partial charge is 0.311 e. The number of rotatable bonds is 7. The fourth-order valence-corrected chi connectivity index (χ4v) is 3.29.